The summed E-state index contributed by atoms with van der Waals surface area (Å²) in [5.74, 6) is -0.0558. The minimum Gasteiger partial charge on any atom is -0.340 e. The van der Waals surface area contributed by atoms with Crippen LogP contribution in [-0.4, -0.2) is 35.5 Å². The van der Waals surface area contributed by atoms with Crippen LogP contribution in [0.1, 0.15) is 49.0 Å². The Hall–Kier alpha value is -3.70. The lowest BCUT2D eigenvalue weighted by Gasteiger charge is -2.35. The van der Waals surface area contributed by atoms with Crippen molar-refractivity contribution in [1.29, 1.82) is 0 Å². The van der Waals surface area contributed by atoms with Gasteiger partial charge in [0.2, 0.25) is 0 Å². The van der Waals surface area contributed by atoms with Gasteiger partial charge in [-0.05, 0) is 52.1 Å². The number of hydrogen-bond donors (Lipinski definition) is 2. The average Bonchev–Trinajstić information content (AvgIpc) is 3.35. The van der Waals surface area contributed by atoms with Gasteiger partial charge in [0.15, 0.2) is 0 Å². The molecular weight excluding hydrogens is 458 g/mol. The highest BCUT2D eigenvalue weighted by molar-refractivity contribution is 6.00. The number of nitrogens with one attached hydrogen (secondary N) is 2. The van der Waals surface area contributed by atoms with Crippen molar-refractivity contribution in [3.8, 4) is 0 Å². The van der Waals surface area contributed by atoms with E-state index in [2.05, 4.69) is 67.1 Å². The van der Waals surface area contributed by atoms with Crippen LogP contribution >= 0.6 is 0 Å². The molecule has 0 radical (unpaired) electrons. The van der Waals surface area contributed by atoms with Crippen LogP contribution in [0.25, 0.3) is 21.5 Å². The standard InChI is InChI=1S/C32H35N3O2/c1-23(2)19-30(33-31(36)29-16-15-26-10-4-6-12-28(26)21-29)32(37)34-35(17-7-8-18-35)22-24-13-14-25-9-3-5-11-27(25)20-24/h3-6,9-16,20-21,23,30H,7-8,17-19,22H2,1-2H3,(H-,33,34,36,37)/p+1/t30-/m0/s1. The van der Waals surface area contributed by atoms with E-state index in [0.717, 1.165) is 43.2 Å². The first-order valence-electron chi connectivity index (χ1n) is 13.4. The molecule has 0 aliphatic carbocycles. The van der Waals surface area contributed by atoms with Gasteiger partial charge in [-0.1, -0.05) is 80.6 Å². The third-order valence-corrected chi connectivity index (χ3v) is 7.41. The van der Waals surface area contributed by atoms with Crippen molar-refractivity contribution >= 4 is 33.4 Å². The Morgan fingerprint density at radius 1 is 0.784 bits per heavy atom. The molecule has 1 atom stereocenters. The van der Waals surface area contributed by atoms with E-state index in [1.54, 1.807) is 0 Å². The van der Waals surface area contributed by atoms with Crippen molar-refractivity contribution in [3.63, 3.8) is 0 Å². The van der Waals surface area contributed by atoms with E-state index in [1.807, 2.05) is 42.5 Å². The van der Waals surface area contributed by atoms with Gasteiger partial charge in [0, 0.05) is 24.0 Å². The average molecular weight is 495 g/mol. The van der Waals surface area contributed by atoms with E-state index in [9.17, 15) is 9.59 Å². The lowest BCUT2D eigenvalue weighted by atomic mass is 10.0. The molecule has 4 aromatic rings. The molecule has 2 amide bonds. The van der Waals surface area contributed by atoms with E-state index >= 15 is 0 Å². The predicted octanol–water partition coefficient (Wildman–Crippen LogP) is 5.98. The number of carbonyl (C=O) groups excluding carboxylic acids is 2. The van der Waals surface area contributed by atoms with Crippen molar-refractivity contribution in [2.45, 2.75) is 45.7 Å². The number of amides is 2. The van der Waals surface area contributed by atoms with Crippen LogP contribution in [0.15, 0.2) is 84.9 Å². The van der Waals surface area contributed by atoms with Crippen LogP contribution in [0.5, 0.6) is 0 Å². The van der Waals surface area contributed by atoms with Crippen molar-refractivity contribution < 1.29 is 14.2 Å². The van der Waals surface area contributed by atoms with Crippen molar-refractivity contribution in [3.05, 3.63) is 96.1 Å². The summed E-state index contributed by atoms with van der Waals surface area (Å²) in [6, 6.07) is 28.0. The Bertz CT molecular complexity index is 1420. The van der Waals surface area contributed by atoms with E-state index in [0.29, 0.717) is 16.6 Å². The maximum Gasteiger partial charge on any atom is 0.287 e. The number of likely N-dealkylation sites (tertiary alicyclic amines) is 1. The van der Waals surface area contributed by atoms with Gasteiger partial charge in [-0.3, -0.25) is 9.59 Å². The van der Waals surface area contributed by atoms with E-state index in [1.165, 1.54) is 16.3 Å². The third-order valence-electron chi connectivity index (χ3n) is 7.41. The fraction of sp³-hybridized carbons (Fsp3) is 0.312. The number of quaternary nitrogens is 1. The van der Waals surface area contributed by atoms with Gasteiger partial charge in [0.25, 0.3) is 11.8 Å². The fourth-order valence-electron chi connectivity index (χ4n) is 5.52. The first-order chi connectivity index (χ1) is 17.9. The summed E-state index contributed by atoms with van der Waals surface area (Å²) in [6.07, 6.45) is 2.74. The smallest absolute Gasteiger partial charge is 0.287 e. The molecule has 37 heavy (non-hydrogen) atoms. The number of nitrogens with zero attached hydrogens (tertiary/aromatic N) is 1. The van der Waals surface area contributed by atoms with E-state index < -0.39 is 6.04 Å². The van der Waals surface area contributed by atoms with Crippen molar-refractivity contribution in [2.75, 3.05) is 13.1 Å². The largest absolute Gasteiger partial charge is 0.340 e. The van der Waals surface area contributed by atoms with Gasteiger partial charge in [0.1, 0.15) is 25.7 Å². The molecule has 190 valence electrons. The fourth-order valence-corrected chi connectivity index (χ4v) is 5.52. The summed E-state index contributed by atoms with van der Waals surface area (Å²) in [5, 5.41) is 7.58. The quantitative estimate of drug-likeness (QED) is 0.296. The second-order valence-corrected chi connectivity index (χ2v) is 10.8. The minimum atomic E-state index is -0.592. The lowest BCUT2D eigenvalue weighted by molar-refractivity contribution is -0.963. The summed E-state index contributed by atoms with van der Waals surface area (Å²) in [5.41, 5.74) is 5.15. The maximum atomic E-state index is 13.7. The molecule has 0 aromatic heterocycles. The highest BCUT2D eigenvalue weighted by Crippen LogP contribution is 2.24. The Balaban J connectivity index is 1.34. The summed E-state index contributed by atoms with van der Waals surface area (Å²) in [7, 11) is 0. The first-order valence-corrected chi connectivity index (χ1v) is 13.4. The second kappa shape index (κ2) is 10.7. The van der Waals surface area contributed by atoms with Crippen molar-refractivity contribution in [1.82, 2.24) is 10.7 Å². The first kappa shape index (κ1) is 25.0. The van der Waals surface area contributed by atoms with Crippen molar-refractivity contribution in [2.24, 2.45) is 5.92 Å². The molecule has 0 unspecified atom stereocenters. The predicted molar refractivity (Wildman–Crippen MR) is 150 cm³/mol. The summed E-state index contributed by atoms with van der Waals surface area (Å²) in [6.45, 7) is 6.69. The van der Waals surface area contributed by atoms with Crippen LogP contribution in [0, 0.1) is 5.92 Å². The summed E-state index contributed by atoms with van der Waals surface area (Å²) in [4.78, 5) is 26.9. The normalized spacial score (nSPS) is 15.6. The molecule has 0 saturated carbocycles. The van der Waals surface area contributed by atoms with Crippen LogP contribution < -0.4 is 10.7 Å². The Labute approximate surface area is 219 Å². The number of benzene rings is 4. The number of carbonyl (C=O) groups is 2. The Morgan fingerprint density at radius 3 is 2.03 bits per heavy atom. The zero-order chi connectivity index (χ0) is 25.8. The summed E-state index contributed by atoms with van der Waals surface area (Å²) < 4.78 is 0.525. The van der Waals surface area contributed by atoms with E-state index in [4.69, 9.17) is 0 Å². The van der Waals surface area contributed by atoms with Gasteiger partial charge in [0.05, 0.1) is 0 Å². The zero-order valence-electron chi connectivity index (χ0n) is 21.7. The number of fused-ring (bicyclic) bond motifs is 2. The minimum absolute atomic E-state index is 0.106. The van der Waals surface area contributed by atoms with Crippen LogP contribution in [0.2, 0.25) is 0 Å². The van der Waals surface area contributed by atoms with Gasteiger partial charge < -0.3 is 5.32 Å². The molecule has 5 rings (SSSR count). The van der Waals surface area contributed by atoms with Crippen LogP contribution in [0.4, 0.5) is 0 Å². The second-order valence-electron chi connectivity index (χ2n) is 10.8. The topological polar surface area (TPSA) is 58.2 Å². The highest BCUT2D eigenvalue weighted by Gasteiger charge is 2.37. The highest BCUT2D eigenvalue weighted by atomic mass is 16.2. The molecule has 0 bridgehead atoms. The third kappa shape index (κ3) is 5.83. The molecule has 1 aliphatic heterocycles. The number of hydrogen-bond acceptors (Lipinski definition) is 2. The van der Waals surface area contributed by atoms with E-state index in [-0.39, 0.29) is 17.7 Å². The molecule has 5 nitrogen and oxygen atoms in total. The molecule has 2 N–H and O–H groups in total. The molecule has 1 aliphatic rings. The molecule has 1 heterocycles. The van der Waals surface area contributed by atoms with Gasteiger partial charge in [-0.2, -0.15) is 5.43 Å². The molecule has 0 spiro atoms. The molecular formula is C32H36N3O2+. The van der Waals surface area contributed by atoms with Gasteiger partial charge >= 0.3 is 0 Å². The molecule has 1 fully saturated rings. The zero-order valence-corrected chi connectivity index (χ0v) is 21.7. The van der Waals surface area contributed by atoms with Gasteiger partial charge in [-0.15, -0.1) is 0 Å². The lowest BCUT2D eigenvalue weighted by Crippen LogP contribution is -2.62. The Morgan fingerprint density at radius 2 is 1.38 bits per heavy atom. The molecule has 4 aromatic carbocycles. The molecule has 1 saturated heterocycles. The maximum absolute atomic E-state index is 13.7. The summed E-state index contributed by atoms with van der Waals surface area (Å²) >= 11 is 0. The number of rotatable bonds is 8. The van der Waals surface area contributed by atoms with Crippen LogP contribution in [-0.2, 0) is 11.3 Å². The van der Waals surface area contributed by atoms with Gasteiger partial charge in [-0.25, -0.2) is 4.59 Å². The Kier molecular flexibility index (Phi) is 7.24. The SMILES string of the molecule is CC(C)C[C@H](NC(=O)c1ccc2ccccc2c1)C(=O)N[N+]1(Cc2ccc3ccccc3c2)CCCC1. The monoisotopic (exact) mass is 494 g/mol. The molecule has 5 heteroatoms. The van der Waals surface area contributed by atoms with Crippen LogP contribution in [0.3, 0.4) is 0 Å².